The first kappa shape index (κ1) is 34.7. The average Bonchev–Trinajstić information content (AvgIpc) is 3.84. The van der Waals surface area contributed by atoms with Crippen molar-refractivity contribution in [1.29, 1.82) is 0 Å². The van der Waals surface area contributed by atoms with Crippen molar-refractivity contribution in [3.63, 3.8) is 0 Å². The Morgan fingerprint density at radius 2 is 1.94 bits per heavy atom. The van der Waals surface area contributed by atoms with Gasteiger partial charge in [0.05, 0.1) is 61.4 Å². The van der Waals surface area contributed by atoms with Crippen LogP contribution in [0.1, 0.15) is 78.1 Å². The molecule has 4 aliphatic heterocycles. The molecule has 278 valence electrons. The molecule has 4 aromatic rings. The molecule has 0 aromatic carbocycles. The number of amides is 1. The van der Waals surface area contributed by atoms with Crippen molar-refractivity contribution in [2.45, 2.75) is 103 Å². The molecule has 1 unspecified atom stereocenters. The predicted octanol–water partition coefficient (Wildman–Crippen LogP) is 4.76. The number of nitrogens with zero attached hydrogens (tertiary/aromatic N) is 9. The molecule has 8 rings (SSSR count). The van der Waals surface area contributed by atoms with E-state index in [-0.39, 0.29) is 30.4 Å². The van der Waals surface area contributed by atoms with Gasteiger partial charge >= 0.3 is 6.09 Å². The number of carbonyl (C=O) groups is 1. The van der Waals surface area contributed by atoms with Gasteiger partial charge in [0, 0.05) is 43.4 Å². The third-order valence-electron chi connectivity index (χ3n) is 10.9. The van der Waals surface area contributed by atoms with Gasteiger partial charge in [0.2, 0.25) is 0 Å². The SMILES string of the molecule is C[C@@H]1OCC2(CCN(c3cnc4c(N5CCCc6nc(-c7cnn(CCO)c7)ccc65)nn(C5CCCCO5)c4n3)CC2)[C@@H]1NC(=O)OC(C)(C)C. The number of aromatic nitrogens is 7. The van der Waals surface area contributed by atoms with Crippen molar-refractivity contribution < 1.29 is 24.1 Å². The Kier molecular flexibility index (Phi) is 9.28. The molecule has 0 bridgehead atoms. The predicted molar refractivity (Wildman–Crippen MR) is 194 cm³/mol. The second-order valence-corrected chi connectivity index (χ2v) is 15.6. The Bertz CT molecular complexity index is 1910. The second-order valence-electron chi connectivity index (χ2n) is 15.6. The van der Waals surface area contributed by atoms with E-state index in [1.54, 1.807) is 10.9 Å². The first-order valence-corrected chi connectivity index (χ1v) is 18.7. The number of nitrogens with one attached hydrogen (secondary N) is 1. The smallest absolute Gasteiger partial charge is 0.407 e. The maximum atomic E-state index is 12.8. The van der Waals surface area contributed by atoms with Crippen LogP contribution < -0.4 is 15.1 Å². The molecule has 3 fully saturated rings. The van der Waals surface area contributed by atoms with E-state index in [9.17, 15) is 9.90 Å². The molecule has 0 aliphatic carbocycles. The minimum absolute atomic E-state index is 0.0353. The highest BCUT2D eigenvalue weighted by atomic mass is 16.6. The maximum Gasteiger partial charge on any atom is 0.407 e. The van der Waals surface area contributed by atoms with Gasteiger partial charge < -0.3 is 34.4 Å². The molecule has 1 spiro atoms. The van der Waals surface area contributed by atoms with Crippen molar-refractivity contribution >= 4 is 34.6 Å². The minimum Gasteiger partial charge on any atom is -0.444 e. The van der Waals surface area contributed by atoms with Gasteiger partial charge in [-0.25, -0.2) is 19.4 Å². The molecule has 0 saturated carbocycles. The number of rotatable bonds is 7. The number of pyridine rings is 1. The van der Waals surface area contributed by atoms with Gasteiger partial charge in [-0.05, 0) is 84.8 Å². The quantitative estimate of drug-likeness (QED) is 0.271. The topological polar surface area (TPSA) is 158 Å². The highest BCUT2D eigenvalue weighted by Gasteiger charge is 2.50. The van der Waals surface area contributed by atoms with Gasteiger partial charge in [-0.1, -0.05) is 0 Å². The Hall–Kier alpha value is -4.34. The van der Waals surface area contributed by atoms with E-state index in [0.717, 1.165) is 110 Å². The van der Waals surface area contributed by atoms with Crippen LogP contribution in [0.15, 0.2) is 30.7 Å². The number of anilines is 3. The van der Waals surface area contributed by atoms with E-state index in [1.165, 1.54) is 0 Å². The fourth-order valence-corrected chi connectivity index (χ4v) is 8.21. The van der Waals surface area contributed by atoms with Gasteiger partial charge in [0.25, 0.3) is 0 Å². The molecule has 15 heteroatoms. The van der Waals surface area contributed by atoms with Crippen LogP contribution in [0.25, 0.3) is 22.4 Å². The number of aliphatic hydroxyl groups is 1. The summed E-state index contributed by atoms with van der Waals surface area (Å²) in [5.41, 5.74) is 4.52. The second kappa shape index (κ2) is 13.9. The van der Waals surface area contributed by atoms with E-state index in [2.05, 4.69) is 26.3 Å². The Morgan fingerprint density at radius 3 is 2.71 bits per heavy atom. The van der Waals surface area contributed by atoms with Crippen LogP contribution in [-0.4, -0.2) is 103 Å². The molecule has 0 radical (unpaired) electrons. The first-order valence-electron chi connectivity index (χ1n) is 18.7. The highest BCUT2D eigenvalue weighted by molar-refractivity contribution is 5.88. The highest BCUT2D eigenvalue weighted by Crippen LogP contribution is 2.44. The third-order valence-corrected chi connectivity index (χ3v) is 10.9. The molecule has 8 heterocycles. The number of alkyl carbamates (subject to hydrolysis) is 1. The number of aliphatic hydroxyl groups excluding tert-OH is 1. The van der Waals surface area contributed by atoms with Crippen LogP contribution in [0, 0.1) is 5.41 Å². The Labute approximate surface area is 303 Å². The Balaban J connectivity index is 1.07. The summed E-state index contributed by atoms with van der Waals surface area (Å²) in [6.07, 6.45) is 11.3. The van der Waals surface area contributed by atoms with Crippen molar-refractivity contribution in [3.05, 3.63) is 36.4 Å². The molecular weight excluding hydrogens is 664 g/mol. The fourth-order valence-electron chi connectivity index (χ4n) is 8.21. The van der Waals surface area contributed by atoms with Crippen LogP contribution in [0.2, 0.25) is 0 Å². The van der Waals surface area contributed by atoms with E-state index < -0.39 is 11.7 Å². The molecule has 4 aliphatic rings. The normalized spacial score (nSPS) is 23.3. The standard InChI is InChI=1S/C37H50N10O5/c1-24-32(42-35(49)52-36(2,3)4)37(23-51-24)12-15-44(16-13-37)29-21-38-31-33(41-29)47(30-9-5-6-19-50-30)43-34(31)46-14-7-8-27-28(46)11-10-26(40-27)25-20-39-45(22-25)17-18-48/h10-11,20-22,24,30,32,48H,5-9,12-19,23H2,1-4H3,(H,42,49)/t24-,30?,32+/m0/s1. The van der Waals surface area contributed by atoms with Crippen LogP contribution in [-0.2, 0) is 27.2 Å². The number of fused-ring (bicyclic) bond motifs is 2. The van der Waals surface area contributed by atoms with Crippen LogP contribution >= 0.6 is 0 Å². The van der Waals surface area contributed by atoms with Gasteiger partial charge in [0.1, 0.15) is 11.4 Å². The van der Waals surface area contributed by atoms with Crippen molar-refractivity contribution in [3.8, 4) is 11.3 Å². The molecule has 3 atom stereocenters. The largest absolute Gasteiger partial charge is 0.444 e. The lowest BCUT2D eigenvalue weighted by Crippen LogP contribution is -2.55. The summed E-state index contributed by atoms with van der Waals surface area (Å²) in [5.74, 6) is 1.57. The van der Waals surface area contributed by atoms with Gasteiger partial charge in [-0.2, -0.15) is 5.10 Å². The average molecular weight is 715 g/mol. The van der Waals surface area contributed by atoms with Crippen molar-refractivity contribution in [1.82, 2.24) is 39.8 Å². The molecule has 1 amide bonds. The lowest BCUT2D eigenvalue weighted by molar-refractivity contribution is -0.0368. The fraction of sp³-hybridized carbons (Fsp3) is 0.622. The number of aryl methyl sites for hydroxylation is 1. The number of hydrogen-bond donors (Lipinski definition) is 2. The van der Waals surface area contributed by atoms with Gasteiger partial charge in [-0.3, -0.25) is 9.67 Å². The monoisotopic (exact) mass is 714 g/mol. The number of hydrogen-bond acceptors (Lipinski definition) is 12. The van der Waals surface area contributed by atoms with E-state index >= 15 is 0 Å². The van der Waals surface area contributed by atoms with E-state index in [0.29, 0.717) is 19.8 Å². The number of ether oxygens (including phenoxy) is 3. The van der Waals surface area contributed by atoms with Crippen LogP contribution in [0.4, 0.5) is 22.1 Å². The molecular formula is C37H50N10O5. The molecule has 15 nitrogen and oxygen atoms in total. The summed E-state index contributed by atoms with van der Waals surface area (Å²) >= 11 is 0. The zero-order chi connectivity index (χ0) is 36.0. The summed E-state index contributed by atoms with van der Waals surface area (Å²) in [5, 5.41) is 22.0. The maximum absolute atomic E-state index is 12.8. The number of piperidine rings is 1. The zero-order valence-corrected chi connectivity index (χ0v) is 30.6. The van der Waals surface area contributed by atoms with Crippen molar-refractivity contribution in [2.24, 2.45) is 5.41 Å². The van der Waals surface area contributed by atoms with Gasteiger partial charge in [-0.15, -0.1) is 5.10 Å². The summed E-state index contributed by atoms with van der Waals surface area (Å²) < 4.78 is 21.7. The zero-order valence-electron chi connectivity index (χ0n) is 30.6. The first-order chi connectivity index (χ1) is 25.1. The van der Waals surface area contributed by atoms with Crippen LogP contribution in [0.3, 0.4) is 0 Å². The van der Waals surface area contributed by atoms with Crippen LogP contribution in [0.5, 0.6) is 0 Å². The number of carbonyl (C=O) groups excluding carboxylic acids is 1. The van der Waals surface area contributed by atoms with E-state index in [4.69, 9.17) is 34.3 Å². The lowest BCUT2D eigenvalue weighted by Gasteiger charge is -2.42. The Morgan fingerprint density at radius 1 is 1.10 bits per heavy atom. The van der Waals surface area contributed by atoms with E-state index in [1.807, 2.05) is 50.8 Å². The molecule has 2 N–H and O–H groups in total. The molecule has 52 heavy (non-hydrogen) atoms. The third kappa shape index (κ3) is 6.69. The summed E-state index contributed by atoms with van der Waals surface area (Å²) in [6.45, 7) is 11.7. The summed E-state index contributed by atoms with van der Waals surface area (Å²) in [4.78, 5) is 32.7. The lowest BCUT2D eigenvalue weighted by atomic mass is 9.73. The summed E-state index contributed by atoms with van der Waals surface area (Å²) in [7, 11) is 0. The van der Waals surface area contributed by atoms with Crippen molar-refractivity contribution in [2.75, 3.05) is 49.3 Å². The summed E-state index contributed by atoms with van der Waals surface area (Å²) in [6, 6.07) is 4.01. The van der Waals surface area contributed by atoms with Gasteiger partial charge in [0.15, 0.2) is 23.2 Å². The molecule has 4 aromatic heterocycles. The minimum atomic E-state index is -0.569. The molecule has 3 saturated heterocycles.